The van der Waals surface area contributed by atoms with Crippen molar-refractivity contribution in [2.45, 2.75) is 30.2 Å². The number of hydrogen-bond acceptors (Lipinski definition) is 4. The number of hydrogen-bond donors (Lipinski definition) is 1. The van der Waals surface area contributed by atoms with E-state index in [1.165, 1.54) is 0 Å². The zero-order valence-electron chi connectivity index (χ0n) is 8.18. The number of aliphatic hydroxyl groups is 1. The van der Waals surface area contributed by atoms with Crippen LogP contribution in [0.1, 0.15) is 6.42 Å². The molecule has 75 valence electrons. The molecule has 4 unspecified atom stereocenters. The largest absolute Gasteiger partial charge is 0.384 e. The average Bonchev–Trinajstić information content (AvgIpc) is 2.55. The molecule has 2 saturated heterocycles. The molecule has 0 aromatic heterocycles. The molecule has 2 aliphatic heterocycles. The van der Waals surface area contributed by atoms with E-state index in [1.54, 1.807) is 7.11 Å². The van der Waals surface area contributed by atoms with Gasteiger partial charge in [-0.15, -0.1) is 0 Å². The first kappa shape index (κ1) is 13.1. The summed E-state index contributed by atoms with van der Waals surface area (Å²) in [6.07, 6.45) is -0.188. The Hall–Kier alpha value is 1.01. The second-order valence-corrected chi connectivity index (χ2v) is 3.58. The van der Waals surface area contributed by atoms with Gasteiger partial charge in [0.2, 0.25) is 0 Å². The van der Waals surface area contributed by atoms with E-state index in [0.29, 0.717) is 19.6 Å². The van der Waals surface area contributed by atoms with Gasteiger partial charge in [0.1, 0.15) is 25.7 Å². The Kier molecular flexibility index (Phi) is 4.57. The fourth-order valence-electron chi connectivity index (χ4n) is 2.07. The van der Waals surface area contributed by atoms with Crippen LogP contribution >= 0.6 is 0 Å². The molecule has 1 N–H and O–H groups in total. The van der Waals surface area contributed by atoms with E-state index in [-0.39, 0.29) is 38.8 Å². The molecule has 6 heteroatoms. The quantitative estimate of drug-likeness (QED) is 0.658. The summed E-state index contributed by atoms with van der Waals surface area (Å²) in [6, 6.07) is -0.535. The van der Waals surface area contributed by atoms with Gasteiger partial charge in [0.05, 0.1) is 13.2 Å². The molecule has 0 aliphatic carbocycles. The van der Waals surface area contributed by atoms with Crippen molar-refractivity contribution in [2.75, 3.05) is 20.3 Å². The van der Waals surface area contributed by atoms with E-state index in [2.05, 4.69) is 0 Å². The fraction of sp³-hybridized carbons (Fsp3) is 1.00. The summed E-state index contributed by atoms with van der Waals surface area (Å²) < 4.78 is 15.6. The predicted molar refractivity (Wildman–Crippen MR) is 45.6 cm³/mol. The molecule has 0 saturated carbocycles. The van der Waals surface area contributed by atoms with E-state index >= 15 is 0 Å². The molecule has 2 aliphatic rings. The third kappa shape index (κ3) is 1.95. The Bertz CT molecular complexity index is 206. The fourth-order valence-corrected chi connectivity index (χ4v) is 2.07. The predicted octanol–water partition coefficient (Wildman–Crippen LogP) is -0.956. The first-order valence-electron chi connectivity index (χ1n) is 4.42. The van der Waals surface area contributed by atoms with Crippen molar-refractivity contribution >= 4 is 7.85 Å². The smallest absolute Gasteiger partial charge is 0.123 e. The van der Waals surface area contributed by atoms with E-state index < -0.39 is 17.7 Å². The van der Waals surface area contributed by atoms with E-state index in [1.807, 2.05) is 0 Å². The maximum Gasteiger partial charge on any atom is 0.123 e. The third-order valence-corrected chi connectivity index (χ3v) is 2.79. The summed E-state index contributed by atoms with van der Waals surface area (Å²) in [5, 5.41) is 10.2. The van der Waals surface area contributed by atoms with Crippen LogP contribution in [0.5, 0.6) is 0 Å². The van der Waals surface area contributed by atoms with Crippen molar-refractivity contribution in [1.29, 1.82) is 0 Å². The molecule has 0 bridgehead atoms. The Morgan fingerprint density at radius 1 is 1.64 bits per heavy atom. The Balaban J connectivity index is 0.000000980. The monoisotopic (exact) mass is 273 g/mol. The van der Waals surface area contributed by atoms with Crippen LogP contribution < -0.4 is 0 Å². The minimum Gasteiger partial charge on any atom is -0.384 e. The standard InChI is InChI=1S/C8H13BO4.Y/c1-11-4-5-8(10)2-3-12-6(8)7(9)13-5;/h5-7,10H,2-4H2,1H3;. The zero-order valence-corrected chi connectivity index (χ0v) is 11.0. The molecule has 0 spiro atoms. The Labute approximate surface area is 110 Å². The SMILES string of the molecule is [B]C1OC(COC)C2(O)CCOC12.[Y]. The van der Waals surface area contributed by atoms with Crippen LogP contribution in [-0.2, 0) is 46.9 Å². The number of methoxy groups -OCH3 is 1. The van der Waals surface area contributed by atoms with Crippen molar-refractivity contribution in [3.05, 3.63) is 0 Å². The summed E-state index contributed by atoms with van der Waals surface area (Å²) in [5.74, 6) is 0. The molecular formula is C8H13BO4Y. The van der Waals surface area contributed by atoms with Gasteiger partial charge in [0, 0.05) is 52.2 Å². The van der Waals surface area contributed by atoms with Gasteiger partial charge in [-0.05, 0) is 0 Å². The summed E-state index contributed by atoms with van der Waals surface area (Å²) >= 11 is 0. The number of fused-ring (bicyclic) bond motifs is 1. The minimum atomic E-state index is -0.949. The summed E-state index contributed by atoms with van der Waals surface area (Å²) in [6.45, 7) is 0.891. The number of ether oxygens (including phenoxy) is 3. The van der Waals surface area contributed by atoms with Gasteiger partial charge < -0.3 is 19.3 Å². The van der Waals surface area contributed by atoms with Crippen molar-refractivity contribution < 1.29 is 52.0 Å². The van der Waals surface area contributed by atoms with Gasteiger partial charge >= 0.3 is 0 Å². The first-order chi connectivity index (χ1) is 6.18. The molecule has 14 heavy (non-hydrogen) atoms. The van der Waals surface area contributed by atoms with Crippen LogP contribution in [0.4, 0.5) is 0 Å². The normalized spacial score (nSPS) is 46.0. The molecule has 0 amide bonds. The Morgan fingerprint density at radius 3 is 3.00 bits per heavy atom. The minimum absolute atomic E-state index is 0. The van der Waals surface area contributed by atoms with Crippen LogP contribution in [0.2, 0.25) is 0 Å². The van der Waals surface area contributed by atoms with Gasteiger partial charge in [-0.25, -0.2) is 0 Å². The maximum atomic E-state index is 10.2. The average molecular weight is 273 g/mol. The molecule has 2 rings (SSSR count). The van der Waals surface area contributed by atoms with Crippen molar-refractivity contribution in [3.8, 4) is 0 Å². The van der Waals surface area contributed by atoms with Gasteiger partial charge in [-0.3, -0.25) is 0 Å². The Morgan fingerprint density at radius 2 is 2.36 bits per heavy atom. The van der Waals surface area contributed by atoms with E-state index in [4.69, 9.17) is 22.1 Å². The molecular weight excluding hydrogens is 260 g/mol. The summed E-state index contributed by atoms with van der Waals surface area (Å²) in [4.78, 5) is 0. The maximum absolute atomic E-state index is 10.2. The molecule has 2 fully saturated rings. The first-order valence-corrected chi connectivity index (χ1v) is 4.42. The molecule has 0 aromatic rings. The second kappa shape index (κ2) is 4.89. The van der Waals surface area contributed by atoms with Crippen LogP contribution in [-0.4, -0.2) is 57.1 Å². The molecule has 0 aromatic carbocycles. The van der Waals surface area contributed by atoms with Crippen molar-refractivity contribution in [2.24, 2.45) is 0 Å². The van der Waals surface area contributed by atoms with Gasteiger partial charge in [0.15, 0.2) is 0 Å². The van der Waals surface area contributed by atoms with Crippen molar-refractivity contribution in [3.63, 3.8) is 0 Å². The molecule has 4 nitrogen and oxygen atoms in total. The van der Waals surface area contributed by atoms with Crippen LogP contribution in [0, 0.1) is 0 Å². The molecule has 4 atom stereocenters. The third-order valence-electron chi connectivity index (χ3n) is 2.79. The van der Waals surface area contributed by atoms with E-state index in [0.717, 1.165) is 0 Å². The van der Waals surface area contributed by atoms with Gasteiger partial charge in [-0.2, -0.15) is 0 Å². The number of rotatable bonds is 2. The zero-order chi connectivity index (χ0) is 9.47. The second-order valence-electron chi connectivity index (χ2n) is 3.58. The topological polar surface area (TPSA) is 47.9 Å². The molecule has 3 radical (unpaired) electrons. The van der Waals surface area contributed by atoms with Crippen LogP contribution in [0.15, 0.2) is 0 Å². The van der Waals surface area contributed by atoms with Crippen LogP contribution in [0.25, 0.3) is 0 Å². The van der Waals surface area contributed by atoms with Gasteiger partial charge in [-0.1, -0.05) is 0 Å². The van der Waals surface area contributed by atoms with Crippen LogP contribution in [0.3, 0.4) is 0 Å². The summed E-state index contributed by atoms with van der Waals surface area (Å²) in [7, 11) is 7.23. The molecule has 2 heterocycles. The van der Waals surface area contributed by atoms with Gasteiger partial charge in [0.25, 0.3) is 0 Å². The van der Waals surface area contributed by atoms with Crippen molar-refractivity contribution in [1.82, 2.24) is 0 Å². The van der Waals surface area contributed by atoms with E-state index in [9.17, 15) is 5.11 Å². The summed E-state index contributed by atoms with van der Waals surface area (Å²) in [5.41, 5.74) is -0.949.